The molecule has 12 nitrogen and oxygen atoms in total. The van der Waals surface area contributed by atoms with Crippen molar-refractivity contribution in [2.75, 3.05) is 26.3 Å². The van der Waals surface area contributed by atoms with Crippen LogP contribution in [0.2, 0.25) is 0 Å². The number of benzene rings is 1. The van der Waals surface area contributed by atoms with Crippen LogP contribution in [0.15, 0.2) is 23.1 Å². The van der Waals surface area contributed by atoms with Gasteiger partial charge in [0.2, 0.25) is 15.9 Å². The normalized spacial score (nSPS) is 15.6. The third-order valence-electron chi connectivity index (χ3n) is 5.81. The highest BCUT2D eigenvalue weighted by molar-refractivity contribution is 7.89. The van der Waals surface area contributed by atoms with Gasteiger partial charge in [-0.05, 0) is 47.1 Å². The molecule has 36 heavy (non-hydrogen) atoms. The molecule has 1 fully saturated rings. The van der Waals surface area contributed by atoms with Gasteiger partial charge in [-0.1, -0.05) is 6.92 Å². The highest BCUT2D eigenvalue weighted by Gasteiger charge is 2.32. The highest BCUT2D eigenvalue weighted by atomic mass is 32.2. The first-order valence-electron chi connectivity index (χ1n) is 11.7. The first kappa shape index (κ1) is 27.6. The van der Waals surface area contributed by atoms with Gasteiger partial charge < -0.3 is 14.4 Å². The highest BCUT2D eigenvalue weighted by Crippen LogP contribution is 2.37. The summed E-state index contributed by atoms with van der Waals surface area (Å²) in [5.41, 5.74) is -0.404. The summed E-state index contributed by atoms with van der Waals surface area (Å²) in [5, 5.41) is 15.9. The lowest BCUT2D eigenvalue weighted by molar-refractivity contribution is -0.385. The van der Waals surface area contributed by atoms with Crippen LogP contribution in [0.4, 0.5) is 5.69 Å². The van der Waals surface area contributed by atoms with Crippen LogP contribution in [-0.2, 0) is 20.3 Å². The maximum absolute atomic E-state index is 13.2. The van der Waals surface area contributed by atoms with E-state index in [1.807, 2.05) is 27.7 Å². The molecule has 2 heterocycles. The van der Waals surface area contributed by atoms with Crippen LogP contribution in [-0.4, -0.2) is 66.3 Å². The van der Waals surface area contributed by atoms with E-state index >= 15 is 0 Å². The Morgan fingerprint density at radius 3 is 2.50 bits per heavy atom. The summed E-state index contributed by atoms with van der Waals surface area (Å²) in [6.45, 7) is 12.5. The predicted molar refractivity (Wildman–Crippen MR) is 132 cm³/mol. The molecule has 0 unspecified atom stereocenters. The fourth-order valence-electron chi connectivity index (χ4n) is 3.59. The molecule has 198 valence electrons. The van der Waals surface area contributed by atoms with Crippen molar-refractivity contribution in [1.29, 1.82) is 0 Å². The summed E-state index contributed by atoms with van der Waals surface area (Å²) in [7, 11) is -4.16. The fourth-order valence-corrected chi connectivity index (χ4v) is 5.07. The number of nitro groups is 1. The molecular weight excluding hydrogens is 490 g/mol. The Kier molecular flexibility index (Phi) is 8.06. The van der Waals surface area contributed by atoms with E-state index in [1.54, 1.807) is 18.7 Å². The number of sulfonamides is 1. The lowest BCUT2D eigenvalue weighted by atomic mass is 10.1. The number of nitrogens with one attached hydrogen (secondary N) is 1. The van der Waals surface area contributed by atoms with E-state index in [0.717, 1.165) is 6.07 Å². The summed E-state index contributed by atoms with van der Waals surface area (Å²) in [5.74, 6) is -0.221. The number of hydrogen-bond donors (Lipinski definition) is 1. The zero-order valence-corrected chi connectivity index (χ0v) is 22.2. The van der Waals surface area contributed by atoms with Crippen molar-refractivity contribution in [1.82, 2.24) is 19.4 Å². The van der Waals surface area contributed by atoms with Gasteiger partial charge in [-0.2, -0.15) is 5.10 Å². The second kappa shape index (κ2) is 10.5. The second-order valence-electron chi connectivity index (χ2n) is 9.69. The zero-order valence-electron chi connectivity index (χ0n) is 21.4. The molecule has 3 rings (SSSR count). The minimum Gasteiger partial charge on any atom is -0.438 e. The Bertz CT molecular complexity index is 1240. The van der Waals surface area contributed by atoms with E-state index in [4.69, 9.17) is 9.47 Å². The molecule has 0 saturated carbocycles. The average Bonchev–Trinajstić information content (AvgIpc) is 3.15. The van der Waals surface area contributed by atoms with Gasteiger partial charge in [0.1, 0.15) is 10.6 Å². The number of nitrogens with zero attached hydrogens (tertiary/aromatic N) is 4. The Labute approximate surface area is 210 Å². The maximum atomic E-state index is 13.2. The van der Waals surface area contributed by atoms with Crippen LogP contribution in [0.1, 0.15) is 57.1 Å². The number of nitro benzene ring substituents is 1. The molecule has 1 N–H and O–H groups in total. The molecule has 0 spiro atoms. The molecule has 0 aliphatic carbocycles. The standard InChI is InChI=1S/C23H33N5O7S/c1-7-15(2)25-36(32,33)19-14-17(28(30)31)8-9-18(19)35-22-16(3)20(24-27(22)23(4,5)6)21(29)26-10-12-34-13-11-26/h8-9,14-15,25H,7,10-13H2,1-6H3/t15-/m1/s1. The number of hydrogen-bond acceptors (Lipinski definition) is 8. The summed E-state index contributed by atoms with van der Waals surface area (Å²) < 4.78 is 41.8. The Hall–Kier alpha value is -3.03. The van der Waals surface area contributed by atoms with Crippen LogP contribution >= 0.6 is 0 Å². The van der Waals surface area contributed by atoms with Gasteiger partial charge >= 0.3 is 0 Å². The molecule has 0 bridgehead atoms. The van der Waals surface area contributed by atoms with Gasteiger partial charge in [0.15, 0.2) is 5.69 Å². The largest absolute Gasteiger partial charge is 0.438 e. The molecule has 1 saturated heterocycles. The molecular formula is C23H33N5O7S. The summed E-state index contributed by atoms with van der Waals surface area (Å²) in [6.07, 6.45) is 0.521. The molecule has 1 aromatic heterocycles. The summed E-state index contributed by atoms with van der Waals surface area (Å²) >= 11 is 0. The maximum Gasteiger partial charge on any atom is 0.274 e. The number of non-ortho nitro benzene ring substituents is 1. The van der Waals surface area contributed by atoms with Gasteiger partial charge in [0, 0.05) is 36.8 Å². The summed E-state index contributed by atoms with van der Waals surface area (Å²) in [4.78, 5) is 25.2. The van der Waals surface area contributed by atoms with Crippen molar-refractivity contribution < 1.29 is 27.6 Å². The number of ether oxygens (including phenoxy) is 2. The lowest BCUT2D eigenvalue weighted by Crippen LogP contribution is -2.41. The molecule has 0 radical (unpaired) electrons. The minimum absolute atomic E-state index is 0.115. The SMILES string of the molecule is CC[C@@H](C)NS(=O)(=O)c1cc([N+](=O)[O-])ccc1Oc1c(C)c(C(=O)N2CCOCC2)nn1C(C)(C)C. The predicted octanol–water partition coefficient (Wildman–Crippen LogP) is 3.20. The van der Waals surface area contributed by atoms with Crippen LogP contribution < -0.4 is 9.46 Å². The van der Waals surface area contributed by atoms with Gasteiger partial charge in [0.25, 0.3) is 11.6 Å². The Morgan fingerprint density at radius 1 is 1.31 bits per heavy atom. The van der Waals surface area contributed by atoms with Crippen molar-refractivity contribution in [2.24, 2.45) is 0 Å². The minimum atomic E-state index is -4.16. The van der Waals surface area contributed by atoms with Crippen molar-refractivity contribution in [3.05, 3.63) is 39.6 Å². The van der Waals surface area contributed by atoms with Gasteiger partial charge in [-0.25, -0.2) is 17.8 Å². The van der Waals surface area contributed by atoms with Crippen molar-refractivity contribution >= 4 is 21.6 Å². The van der Waals surface area contributed by atoms with Crippen molar-refractivity contribution in [3.8, 4) is 11.6 Å². The lowest BCUT2D eigenvalue weighted by Gasteiger charge is -2.26. The topological polar surface area (TPSA) is 146 Å². The van der Waals surface area contributed by atoms with Crippen LogP contribution in [0.3, 0.4) is 0 Å². The van der Waals surface area contributed by atoms with Gasteiger partial charge in [-0.3, -0.25) is 14.9 Å². The quantitative estimate of drug-likeness (QED) is 0.410. The third kappa shape index (κ3) is 5.85. The van der Waals surface area contributed by atoms with E-state index < -0.39 is 32.2 Å². The zero-order chi connectivity index (χ0) is 26.8. The molecule has 2 aromatic rings. The molecule has 1 atom stereocenters. The molecule has 1 aromatic carbocycles. The van der Waals surface area contributed by atoms with Crippen LogP contribution in [0.25, 0.3) is 0 Å². The number of amides is 1. The van der Waals surface area contributed by atoms with Gasteiger partial charge in [-0.15, -0.1) is 0 Å². The van der Waals surface area contributed by atoms with Crippen molar-refractivity contribution in [3.63, 3.8) is 0 Å². The molecule has 1 aliphatic rings. The summed E-state index contributed by atoms with van der Waals surface area (Å²) in [6, 6.07) is 2.98. The number of carbonyl (C=O) groups is 1. The Balaban J connectivity index is 2.12. The van der Waals surface area contributed by atoms with Crippen molar-refractivity contribution in [2.45, 2.75) is 64.4 Å². The number of aromatic nitrogens is 2. The van der Waals surface area contributed by atoms with E-state index in [2.05, 4.69) is 9.82 Å². The third-order valence-corrected chi connectivity index (χ3v) is 7.42. The number of carbonyl (C=O) groups excluding carboxylic acids is 1. The van der Waals surface area contributed by atoms with Crippen LogP contribution in [0, 0.1) is 17.0 Å². The fraction of sp³-hybridized carbons (Fsp3) is 0.565. The molecule has 13 heteroatoms. The van der Waals surface area contributed by atoms with Crippen LogP contribution in [0.5, 0.6) is 11.6 Å². The van der Waals surface area contributed by atoms with E-state index in [9.17, 15) is 23.3 Å². The van der Waals surface area contributed by atoms with E-state index in [1.165, 1.54) is 16.8 Å². The smallest absolute Gasteiger partial charge is 0.274 e. The average molecular weight is 524 g/mol. The number of morpholine rings is 1. The van der Waals surface area contributed by atoms with Gasteiger partial charge in [0.05, 0.1) is 23.7 Å². The molecule has 1 aliphatic heterocycles. The molecule has 1 amide bonds. The van der Waals surface area contributed by atoms with E-state index in [0.29, 0.717) is 38.3 Å². The Morgan fingerprint density at radius 2 is 1.94 bits per heavy atom. The monoisotopic (exact) mass is 523 g/mol. The number of rotatable bonds is 8. The second-order valence-corrected chi connectivity index (χ2v) is 11.4. The first-order chi connectivity index (χ1) is 16.8. The van der Waals surface area contributed by atoms with E-state index in [-0.39, 0.29) is 28.1 Å². The first-order valence-corrected chi connectivity index (χ1v) is 13.2.